The van der Waals surface area contributed by atoms with E-state index in [2.05, 4.69) is 15.4 Å². The van der Waals surface area contributed by atoms with E-state index in [1.54, 1.807) is 13.8 Å². The van der Waals surface area contributed by atoms with E-state index in [0.717, 1.165) is 4.68 Å². The molecule has 21 heavy (non-hydrogen) atoms. The SMILES string of the molecule is CCNc1nc(-n2cc(C(=O)OCC)cn2)c(F)cc1F. The van der Waals surface area contributed by atoms with Gasteiger partial charge in [0, 0.05) is 18.8 Å². The van der Waals surface area contributed by atoms with Gasteiger partial charge in [-0.1, -0.05) is 0 Å². The second kappa shape index (κ2) is 6.29. The van der Waals surface area contributed by atoms with Crippen molar-refractivity contribution >= 4 is 11.8 Å². The molecule has 0 aliphatic carbocycles. The number of nitrogens with one attached hydrogen (secondary N) is 1. The van der Waals surface area contributed by atoms with Crippen molar-refractivity contribution in [3.8, 4) is 5.82 Å². The van der Waals surface area contributed by atoms with E-state index in [1.165, 1.54) is 12.4 Å². The number of pyridine rings is 1. The number of nitrogens with zero attached hydrogens (tertiary/aromatic N) is 3. The monoisotopic (exact) mass is 296 g/mol. The van der Waals surface area contributed by atoms with Gasteiger partial charge < -0.3 is 10.1 Å². The minimum atomic E-state index is -0.882. The fourth-order valence-electron chi connectivity index (χ4n) is 1.67. The Balaban J connectivity index is 2.37. The van der Waals surface area contributed by atoms with Gasteiger partial charge in [0.2, 0.25) is 0 Å². The Hall–Kier alpha value is -2.51. The normalized spacial score (nSPS) is 10.5. The molecule has 0 bridgehead atoms. The van der Waals surface area contributed by atoms with Gasteiger partial charge in [-0.05, 0) is 13.8 Å². The van der Waals surface area contributed by atoms with Crippen LogP contribution in [0.25, 0.3) is 5.82 Å². The molecule has 0 radical (unpaired) electrons. The van der Waals surface area contributed by atoms with Crippen molar-refractivity contribution in [1.82, 2.24) is 14.8 Å². The lowest BCUT2D eigenvalue weighted by atomic mass is 10.3. The summed E-state index contributed by atoms with van der Waals surface area (Å²) < 4.78 is 33.2. The summed E-state index contributed by atoms with van der Waals surface area (Å²) in [6.45, 7) is 4.09. The molecular formula is C13H14F2N4O2. The molecule has 0 aliphatic heterocycles. The summed E-state index contributed by atoms with van der Waals surface area (Å²) in [7, 11) is 0. The van der Waals surface area contributed by atoms with Crippen molar-refractivity contribution in [3.05, 3.63) is 35.7 Å². The molecule has 2 rings (SSSR count). The van der Waals surface area contributed by atoms with Gasteiger partial charge in [-0.2, -0.15) is 5.10 Å². The summed E-state index contributed by atoms with van der Waals surface area (Å²) in [4.78, 5) is 15.4. The van der Waals surface area contributed by atoms with Crippen molar-refractivity contribution < 1.29 is 18.3 Å². The van der Waals surface area contributed by atoms with Crippen LogP contribution in [0.3, 0.4) is 0 Å². The fraction of sp³-hybridized carbons (Fsp3) is 0.308. The predicted molar refractivity (Wildman–Crippen MR) is 71.4 cm³/mol. The van der Waals surface area contributed by atoms with E-state index in [4.69, 9.17) is 4.74 Å². The quantitative estimate of drug-likeness (QED) is 0.856. The molecule has 0 fully saturated rings. The highest BCUT2D eigenvalue weighted by Crippen LogP contribution is 2.18. The van der Waals surface area contributed by atoms with Gasteiger partial charge in [0.15, 0.2) is 23.3 Å². The molecule has 0 amide bonds. The highest BCUT2D eigenvalue weighted by molar-refractivity contribution is 5.88. The molecule has 0 saturated heterocycles. The van der Waals surface area contributed by atoms with Crippen LogP contribution >= 0.6 is 0 Å². The van der Waals surface area contributed by atoms with Gasteiger partial charge >= 0.3 is 5.97 Å². The fourth-order valence-corrected chi connectivity index (χ4v) is 1.67. The average Bonchev–Trinajstić information content (AvgIpc) is 2.92. The van der Waals surface area contributed by atoms with Crippen molar-refractivity contribution in [1.29, 1.82) is 0 Å². The number of ether oxygens (including phenoxy) is 1. The third-order valence-corrected chi connectivity index (χ3v) is 2.57. The standard InChI is InChI=1S/C13H14F2N4O2/c1-3-16-11-9(14)5-10(15)12(18-11)19-7-8(6-17-19)13(20)21-4-2/h5-7H,3-4H2,1-2H3,(H,16,18). The van der Waals surface area contributed by atoms with Gasteiger partial charge in [0.1, 0.15) is 0 Å². The summed E-state index contributed by atoms with van der Waals surface area (Å²) in [5.41, 5.74) is 0.160. The van der Waals surface area contributed by atoms with E-state index in [0.29, 0.717) is 12.6 Å². The summed E-state index contributed by atoms with van der Waals surface area (Å²) in [5.74, 6) is -2.54. The van der Waals surface area contributed by atoms with Crippen LogP contribution in [0.4, 0.5) is 14.6 Å². The summed E-state index contributed by atoms with van der Waals surface area (Å²) in [6.07, 6.45) is 2.51. The van der Waals surface area contributed by atoms with Crippen molar-refractivity contribution in [2.24, 2.45) is 0 Å². The van der Waals surface area contributed by atoms with Crippen LogP contribution in [0.1, 0.15) is 24.2 Å². The molecule has 0 atom stereocenters. The van der Waals surface area contributed by atoms with Gasteiger partial charge in [-0.15, -0.1) is 0 Å². The number of anilines is 1. The zero-order chi connectivity index (χ0) is 15.4. The van der Waals surface area contributed by atoms with Gasteiger partial charge in [-0.25, -0.2) is 23.2 Å². The van der Waals surface area contributed by atoms with Crippen LogP contribution in [-0.2, 0) is 4.74 Å². The van der Waals surface area contributed by atoms with Gasteiger partial charge in [-0.3, -0.25) is 0 Å². The van der Waals surface area contributed by atoms with Crippen LogP contribution < -0.4 is 5.32 Å². The molecule has 0 aliphatic rings. The Labute approximate surface area is 119 Å². The zero-order valence-corrected chi connectivity index (χ0v) is 11.6. The van der Waals surface area contributed by atoms with E-state index in [1.807, 2.05) is 0 Å². The number of rotatable bonds is 5. The first-order valence-electron chi connectivity index (χ1n) is 6.38. The lowest BCUT2D eigenvalue weighted by Gasteiger charge is -2.08. The van der Waals surface area contributed by atoms with E-state index >= 15 is 0 Å². The molecule has 0 unspecified atom stereocenters. The first kappa shape index (κ1) is 14.9. The molecule has 0 saturated carbocycles. The van der Waals surface area contributed by atoms with Crippen molar-refractivity contribution in [3.63, 3.8) is 0 Å². The summed E-state index contributed by atoms with van der Waals surface area (Å²) in [5, 5.41) is 6.52. The molecule has 2 heterocycles. The Morgan fingerprint density at radius 1 is 1.38 bits per heavy atom. The van der Waals surface area contributed by atoms with Gasteiger partial charge in [0.25, 0.3) is 0 Å². The number of esters is 1. The highest BCUT2D eigenvalue weighted by atomic mass is 19.1. The molecule has 0 spiro atoms. The number of carbonyl (C=O) groups is 1. The number of hydrogen-bond acceptors (Lipinski definition) is 5. The lowest BCUT2D eigenvalue weighted by Crippen LogP contribution is -2.09. The Kier molecular flexibility index (Phi) is 4.46. The predicted octanol–water partition coefficient (Wildman–Crippen LogP) is 2.15. The van der Waals surface area contributed by atoms with E-state index in [-0.39, 0.29) is 23.8 Å². The summed E-state index contributed by atoms with van der Waals surface area (Å²) in [6, 6.07) is 0.714. The van der Waals surface area contributed by atoms with Crippen LogP contribution in [0.15, 0.2) is 18.5 Å². The first-order valence-corrected chi connectivity index (χ1v) is 6.38. The number of halogens is 2. The molecule has 112 valence electrons. The minimum absolute atomic E-state index is 0.0814. The molecule has 0 aromatic carbocycles. The van der Waals surface area contributed by atoms with Crippen LogP contribution in [0.2, 0.25) is 0 Å². The Morgan fingerprint density at radius 3 is 2.81 bits per heavy atom. The van der Waals surface area contributed by atoms with Crippen LogP contribution in [-0.4, -0.2) is 33.9 Å². The smallest absolute Gasteiger partial charge is 0.341 e. The third-order valence-electron chi connectivity index (χ3n) is 2.57. The first-order chi connectivity index (χ1) is 10.1. The second-order valence-corrected chi connectivity index (χ2v) is 4.05. The van der Waals surface area contributed by atoms with Crippen molar-refractivity contribution in [2.75, 3.05) is 18.5 Å². The molecule has 2 aromatic rings. The average molecular weight is 296 g/mol. The maximum Gasteiger partial charge on any atom is 0.341 e. The Morgan fingerprint density at radius 2 is 2.14 bits per heavy atom. The maximum absolute atomic E-state index is 13.8. The minimum Gasteiger partial charge on any atom is -0.462 e. The Bertz CT molecular complexity index is 658. The second-order valence-electron chi connectivity index (χ2n) is 4.05. The zero-order valence-electron chi connectivity index (χ0n) is 11.6. The number of carbonyl (C=O) groups excluding carboxylic acids is 1. The summed E-state index contributed by atoms with van der Waals surface area (Å²) >= 11 is 0. The maximum atomic E-state index is 13.8. The molecular weight excluding hydrogens is 282 g/mol. The number of aromatic nitrogens is 3. The van der Waals surface area contributed by atoms with Gasteiger partial charge in [0.05, 0.1) is 18.4 Å². The van der Waals surface area contributed by atoms with E-state index < -0.39 is 17.6 Å². The molecule has 8 heteroatoms. The number of hydrogen-bond donors (Lipinski definition) is 1. The van der Waals surface area contributed by atoms with E-state index in [9.17, 15) is 13.6 Å². The van der Waals surface area contributed by atoms with Crippen LogP contribution in [0, 0.1) is 11.6 Å². The topological polar surface area (TPSA) is 69.0 Å². The molecule has 2 aromatic heterocycles. The molecule has 1 N–H and O–H groups in total. The lowest BCUT2D eigenvalue weighted by molar-refractivity contribution is 0.0526. The van der Waals surface area contributed by atoms with Crippen LogP contribution in [0.5, 0.6) is 0 Å². The largest absolute Gasteiger partial charge is 0.462 e. The van der Waals surface area contributed by atoms with Crippen molar-refractivity contribution in [2.45, 2.75) is 13.8 Å². The third kappa shape index (κ3) is 3.15. The highest BCUT2D eigenvalue weighted by Gasteiger charge is 2.16. The molecule has 6 nitrogen and oxygen atoms in total.